The van der Waals surface area contributed by atoms with Gasteiger partial charge in [0.1, 0.15) is 0 Å². The number of halogens is 1. The molecule has 0 saturated carbocycles. The van der Waals surface area contributed by atoms with Crippen LogP contribution in [-0.4, -0.2) is 32.2 Å². The fourth-order valence-electron chi connectivity index (χ4n) is 2.36. The van der Waals surface area contributed by atoms with Gasteiger partial charge in [0.05, 0.1) is 11.4 Å². The lowest BCUT2D eigenvalue weighted by atomic mass is 10.2. The minimum absolute atomic E-state index is 0.210. The van der Waals surface area contributed by atoms with Gasteiger partial charge in [0.25, 0.3) is 0 Å². The summed E-state index contributed by atoms with van der Waals surface area (Å²) in [4.78, 5) is 12.5. The van der Waals surface area contributed by atoms with E-state index in [1.807, 2.05) is 19.9 Å². The van der Waals surface area contributed by atoms with Gasteiger partial charge in [0.15, 0.2) is 0 Å². The molecule has 0 heterocycles. The number of hydrogen-bond donors (Lipinski definition) is 1. The molecular formula is C18H21ClN2O3S. The SMILES string of the molecule is Cc1ccc(C)c(S(=O)(=O)N(C)CC(=O)Nc2cc(Cl)ccc2C)c1. The maximum atomic E-state index is 12.7. The molecule has 0 spiro atoms. The molecule has 0 aliphatic heterocycles. The van der Waals surface area contributed by atoms with Crippen LogP contribution in [0.4, 0.5) is 5.69 Å². The normalized spacial score (nSPS) is 11.6. The maximum Gasteiger partial charge on any atom is 0.243 e. The molecule has 0 bridgehead atoms. The van der Waals surface area contributed by atoms with E-state index in [0.29, 0.717) is 16.3 Å². The van der Waals surface area contributed by atoms with Crippen molar-refractivity contribution in [2.45, 2.75) is 25.7 Å². The molecular weight excluding hydrogens is 360 g/mol. The minimum Gasteiger partial charge on any atom is -0.325 e. The van der Waals surface area contributed by atoms with Crippen LogP contribution >= 0.6 is 11.6 Å². The lowest BCUT2D eigenvalue weighted by Crippen LogP contribution is -2.35. The quantitative estimate of drug-likeness (QED) is 0.862. The summed E-state index contributed by atoms with van der Waals surface area (Å²) >= 11 is 5.93. The highest BCUT2D eigenvalue weighted by atomic mass is 35.5. The largest absolute Gasteiger partial charge is 0.325 e. The number of nitrogens with zero attached hydrogens (tertiary/aromatic N) is 1. The molecule has 0 fully saturated rings. The van der Waals surface area contributed by atoms with Crippen LogP contribution < -0.4 is 5.32 Å². The van der Waals surface area contributed by atoms with Crippen LogP contribution in [0.3, 0.4) is 0 Å². The topological polar surface area (TPSA) is 66.5 Å². The highest BCUT2D eigenvalue weighted by molar-refractivity contribution is 7.89. The van der Waals surface area contributed by atoms with Gasteiger partial charge in [-0.25, -0.2) is 8.42 Å². The summed E-state index contributed by atoms with van der Waals surface area (Å²) in [7, 11) is -2.36. The second-order valence-electron chi connectivity index (χ2n) is 6.04. The summed E-state index contributed by atoms with van der Waals surface area (Å²) in [6.45, 7) is 5.10. The van der Waals surface area contributed by atoms with Crippen molar-refractivity contribution in [1.82, 2.24) is 4.31 Å². The third-order valence-electron chi connectivity index (χ3n) is 3.87. The fourth-order valence-corrected chi connectivity index (χ4v) is 3.96. The van der Waals surface area contributed by atoms with Gasteiger partial charge < -0.3 is 5.32 Å². The van der Waals surface area contributed by atoms with Gasteiger partial charge in [-0.15, -0.1) is 0 Å². The molecule has 2 aromatic carbocycles. The molecule has 1 N–H and O–H groups in total. The van der Waals surface area contributed by atoms with Crippen LogP contribution in [0, 0.1) is 20.8 Å². The van der Waals surface area contributed by atoms with Crippen LogP contribution in [0.15, 0.2) is 41.3 Å². The van der Waals surface area contributed by atoms with Crippen LogP contribution in [0.25, 0.3) is 0 Å². The average molecular weight is 381 g/mol. The predicted octanol–water partition coefficient (Wildman–Crippen LogP) is 3.52. The Morgan fingerprint density at radius 3 is 2.40 bits per heavy atom. The minimum atomic E-state index is -3.75. The molecule has 0 radical (unpaired) electrons. The Balaban J connectivity index is 2.17. The van der Waals surface area contributed by atoms with Crippen molar-refractivity contribution in [1.29, 1.82) is 0 Å². The third kappa shape index (κ3) is 4.60. The standard InChI is InChI=1S/C18H21ClN2O3S/c1-12-5-6-14(3)17(9-12)25(23,24)21(4)11-18(22)20-16-10-15(19)8-7-13(16)2/h5-10H,11H2,1-4H3,(H,20,22). The van der Waals surface area contributed by atoms with Gasteiger partial charge in [-0.1, -0.05) is 29.8 Å². The van der Waals surface area contributed by atoms with Crippen LogP contribution in [0.5, 0.6) is 0 Å². The molecule has 0 aliphatic carbocycles. The van der Waals surface area contributed by atoms with E-state index < -0.39 is 15.9 Å². The number of rotatable bonds is 5. The first-order valence-corrected chi connectivity index (χ1v) is 9.52. The highest BCUT2D eigenvalue weighted by Gasteiger charge is 2.25. The smallest absolute Gasteiger partial charge is 0.243 e. The molecule has 0 aromatic heterocycles. The zero-order chi connectivity index (χ0) is 18.8. The van der Waals surface area contributed by atoms with E-state index in [2.05, 4.69) is 5.32 Å². The van der Waals surface area contributed by atoms with Crippen LogP contribution in [0.1, 0.15) is 16.7 Å². The highest BCUT2D eigenvalue weighted by Crippen LogP contribution is 2.22. The Bertz CT molecular complexity index is 911. The Labute approximate surface area is 153 Å². The summed E-state index contributed by atoms with van der Waals surface area (Å²) in [5.41, 5.74) is 2.90. The van der Waals surface area contributed by atoms with E-state index >= 15 is 0 Å². The number of hydrogen-bond acceptors (Lipinski definition) is 3. The van der Waals surface area contributed by atoms with Crippen molar-refractivity contribution >= 4 is 33.2 Å². The first-order chi connectivity index (χ1) is 11.6. The molecule has 0 aliphatic rings. The first-order valence-electron chi connectivity index (χ1n) is 7.71. The monoisotopic (exact) mass is 380 g/mol. The molecule has 134 valence electrons. The second kappa shape index (κ2) is 7.56. The van der Waals surface area contributed by atoms with Gasteiger partial charge in [0.2, 0.25) is 15.9 Å². The molecule has 2 rings (SSSR count). The number of likely N-dealkylation sites (N-methyl/N-ethyl adjacent to an activating group) is 1. The van der Waals surface area contributed by atoms with Gasteiger partial charge in [-0.05, 0) is 55.7 Å². The number of carbonyl (C=O) groups excluding carboxylic acids is 1. The Hall–Kier alpha value is -1.89. The van der Waals surface area contributed by atoms with Gasteiger partial charge >= 0.3 is 0 Å². The maximum absolute atomic E-state index is 12.7. The average Bonchev–Trinajstić information content (AvgIpc) is 2.53. The zero-order valence-electron chi connectivity index (χ0n) is 14.6. The van der Waals surface area contributed by atoms with Crippen LogP contribution in [0.2, 0.25) is 5.02 Å². The van der Waals surface area contributed by atoms with E-state index in [0.717, 1.165) is 15.4 Å². The molecule has 0 saturated heterocycles. The number of nitrogens with one attached hydrogen (secondary N) is 1. The van der Waals surface area contributed by atoms with E-state index in [1.165, 1.54) is 7.05 Å². The summed E-state index contributed by atoms with van der Waals surface area (Å²) in [6, 6.07) is 10.4. The van der Waals surface area contributed by atoms with Crippen molar-refractivity contribution in [3.05, 3.63) is 58.1 Å². The number of sulfonamides is 1. The molecule has 0 atom stereocenters. The van der Waals surface area contributed by atoms with E-state index in [4.69, 9.17) is 11.6 Å². The van der Waals surface area contributed by atoms with Crippen molar-refractivity contribution in [2.75, 3.05) is 18.9 Å². The first kappa shape index (κ1) is 19.4. The summed E-state index contributed by atoms with van der Waals surface area (Å²) < 4.78 is 26.5. The predicted molar refractivity (Wildman–Crippen MR) is 101 cm³/mol. The zero-order valence-corrected chi connectivity index (χ0v) is 16.2. The van der Waals surface area contributed by atoms with Crippen molar-refractivity contribution in [3.8, 4) is 0 Å². The molecule has 2 aromatic rings. The molecule has 7 heteroatoms. The molecule has 0 unspecified atom stereocenters. The van der Waals surface area contributed by atoms with Crippen molar-refractivity contribution in [3.63, 3.8) is 0 Å². The number of anilines is 1. The molecule has 25 heavy (non-hydrogen) atoms. The van der Waals surface area contributed by atoms with Crippen molar-refractivity contribution < 1.29 is 13.2 Å². The van der Waals surface area contributed by atoms with Gasteiger partial charge in [0, 0.05) is 17.8 Å². The van der Waals surface area contributed by atoms with Crippen molar-refractivity contribution in [2.24, 2.45) is 0 Å². The van der Waals surface area contributed by atoms with Gasteiger partial charge in [-0.3, -0.25) is 4.79 Å². The number of aryl methyl sites for hydroxylation is 3. The fraction of sp³-hybridized carbons (Fsp3) is 0.278. The second-order valence-corrected chi connectivity index (χ2v) is 8.49. The third-order valence-corrected chi connectivity index (χ3v) is 6.05. The van der Waals surface area contributed by atoms with Gasteiger partial charge in [-0.2, -0.15) is 4.31 Å². The van der Waals surface area contributed by atoms with E-state index in [1.54, 1.807) is 37.3 Å². The van der Waals surface area contributed by atoms with E-state index in [-0.39, 0.29) is 11.4 Å². The van der Waals surface area contributed by atoms with Crippen LogP contribution in [-0.2, 0) is 14.8 Å². The number of amides is 1. The molecule has 1 amide bonds. The Morgan fingerprint density at radius 2 is 1.72 bits per heavy atom. The summed E-state index contributed by atoms with van der Waals surface area (Å²) in [6.07, 6.45) is 0. The summed E-state index contributed by atoms with van der Waals surface area (Å²) in [5, 5.41) is 3.20. The molecule has 5 nitrogen and oxygen atoms in total. The summed E-state index contributed by atoms with van der Waals surface area (Å²) in [5.74, 6) is -0.429. The number of carbonyl (C=O) groups is 1. The number of benzene rings is 2. The Morgan fingerprint density at radius 1 is 1.08 bits per heavy atom. The lowest BCUT2D eigenvalue weighted by molar-refractivity contribution is -0.116. The lowest BCUT2D eigenvalue weighted by Gasteiger charge is -2.19. The van der Waals surface area contributed by atoms with E-state index in [9.17, 15) is 13.2 Å². The Kier molecular flexibility index (Phi) is 5.87.